The van der Waals surface area contributed by atoms with Gasteiger partial charge in [-0.3, -0.25) is 38.4 Å². The molecule has 526 valence electrons. The van der Waals surface area contributed by atoms with Crippen LogP contribution in [0.5, 0.6) is 0 Å². The summed E-state index contributed by atoms with van der Waals surface area (Å²) in [7, 11) is -4.03. The number of rotatable bonds is 44. The molecule has 0 aromatic carbocycles. The molecule has 0 radical (unpaired) electrons. The van der Waals surface area contributed by atoms with E-state index in [-0.39, 0.29) is 125 Å². The Morgan fingerprint density at radius 1 is 0.440 bits per heavy atom. The van der Waals surface area contributed by atoms with Crippen molar-refractivity contribution in [3.05, 3.63) is 0 Å². The van der Waals surface area contributed by atoms with Crippen molar-refractivity contribution in [3.8, 4) is 0 Å². The van der Waals surface area contributed by atoms with Gasteiger partial charge in [-0.15, -0.1) is 0 Å². The van der Waals surface area contributed by atoms with Gasteiger partial charge in [0, 0.05) is 66.3 Å². The van der Waals surface area contributed by atoms with Gasteiger partial charge in [0.1, 0.15) is 92.7 Å². The third-order valence-electron chi connectivity index (χ3n) is 13.6. The second kappa shape index (κ2) is 43.2. The Morgan fingerprint density at radius 2 is 0.758 bits per heavy atom. The monoisotopic (exact) mass is 1340 g/mol. The number of aliphatic hydroxyl groups excluding tert-OH is 9. The van der Waals surface area contributed by atoms with Gasteiger partial charge in [-0.1, -0.05) is 0 Å². The Bertz CT molecular complexity index is 2270. The number of aliphatic hydroxyl groups is 9. The molecule has 18 atom stereocenters. The van der Waals surface area contributed by atoms with E-state index in [0.717, 1.165) is 6.66 Å². The number of carbonyl (C=O) groups excluding carboxylic acids is 8. The summed E-state index contributed by atoms with van der Waals surface area (Å²) in [5.41, 5.74) is 0. The third-order valence-corrected chi connectivity index (χ3v) is 14.2. The van der Waals surface area contributed by atoms with Gasteiger partial charge in [0.15, 0.2) is 18.9 Å². The average molecular weight is 1340 g/mol. The Balaban J connectivity index is 1.62. The fourth-order valence-electron chi connectivity index (χ4n) is 9.06. The minimum absolute atomic E-state index is 0.0396. The summed E-state index contributed by atoms with van der Waals surface area (Å²) in [6.45, 7) is 0.207. The van der Waals surface area contributed by atoms with Crippen LogP contribution in [-0.4, -0.2) is 323 Å². The molecule has 38 nitrogen and oxygen atoms in total. The minimum atomic E-state index is -4.03. The fourth-order valence-corrected chi connectivity index (χ4v) is 9.46. The van der Waals surface area contributed by atoms with E-state index in [1.807, 2.05) is 0 Å². The highest BCUT2D eigenvalue weighted by Gasteiger charge is 2.48. The molecule has 3 heterocycles. The lowest BCUT2D eigenvalue weighted by Gasteiger charge is -2.42. The molecule has 0 aromatic heterocycles. The van der Waals surface area contributed by atoms with Crippen LogP contribution in [0, 0.1) is 0 Å². The van der Waals surface area contributed by atoms with Crippen molar-refractivity contribution in [1.82, 2.24) is 42.5 Å². The first-order valence-electron chi connectivity index (χ1n) is 29.4. The molecule has 3 aliphatic rings. The molecule has 0 saturated carbocycles. The molecule has 0 aliphatic carbocycles. The zero-order valence-electron chi connectivity index (χ0n) is 51.1. The van der Waals surface area contributed by atoms with Crippen molar-refractivity contribution in [1.29, 1.82) is 0 Å². The lowest BCUT2D eigenvalue weighted by atomic mass is 9.97. The van der Waals surface area contributed by atoms with Crippen molar-refractivity contribution in [3.63, 3.8) is 0 Å². The van der Waals surface area contributed by atoms with E-state index in [0.29, 0.717) is 0 Å². The van der Waals surface area contributed by atoms with Crippen LogP contribution in [0.1, 0.15) is 52.9 Å². The smallest absolute Gasteiger partial charge is 0.242 e. The number of carbonyl (C=O) groups is 8. The van der Waals surface area contributed by atoms with Gasteiger partial charge < -0.3 is 150 Å². The molecule has 3 fully saturated rings. The first-order valence-corrected chi connectivity index (χ1v) is 31.4. The Kier molecular flexibility index (Phi) is 38.2. The largest absolute Gasteiger partial charge is 0.779 e. The van der Waals surface area contributed by atoms with E-state index < -0.39 is 185 Å². The van der Waals surface area contributed by atoms with Crippen LogP contribution in [0.2, 0.25) is 0 Å². The van der Waals surface area contributed by atoms with Crippen LogP contribution in [-0.2, 0) is 94.8 Å². The third kappa shape index (κ3) is 30.4. The highest BCUT2D eigenvalue weighted by Crippen LogP contribution is 2.30. The molecular weight excluding hydrogens is 1250 g/mol. The molecule has 0 spiro atoms. The van der Waals surface area contributed by atoms with Crippen LogP contribution in [0.4, 0.5) is 0 Å². The highest BCUT2D eigenvalue weighted by molar-refractivity contribution is 7.50. The summed E-state index contributed by atoms with van der Waals surface area (Å²) in [5, 5.41) is 111. The minimum Gasteiger partial charge on any atom is -0.779 e. The number of amides is 8. The first kappa shape index (κ1) is 80.4. The molecule has 3 saturated heterocycles. The molecule has 91 heavy (non-hydrogen) atoms. The maximum absolute atomic E-state index is 13.7. The van der Waals surface area contributed by atoms with Crippen LogP contribution < -0.4 is 47.4 Å². The highest BCUT2D eigenvalue weighted by atomic mass is 31.2. The van der Waals surface area contributed by atoms with Gasteiger partial charge in [-0.25, -0.2) is 0 Å². The number of ether oxygens (including phenoxy) is 10. The number of hydrogen-bond donors (Lipinski definition) is 17. The maximum Gasteiger partial charge on any atom is 0.242 e. The van der Waals surface area contributed by atoms with Crippen molar-refractivity contribution in [2.24, 2.45) is 0 Å². The molecular formula is C52H92N8O30P-. The molecule has 0 aromatic rings. The summed E-state index contributed by atoms with van der Waals surface area (Å²) in [6.07, 6.45) is -18.5. The van der Waals surface area contributed by atoms with Crippen LogP contribution in [0.25, 0.3) is 0 Å². The van der Waals surface area contributed by atoms with E-state index in [2.05, 4.69) is 47.1 Å². The Labute approximate surface area is 524 Å². The summed E-state index contributed by atoms with van der Waals surface area (Å²) in [4.78, 5) is 113. The lowest BCUT2D eigenvalue weighted by Crippen LogP contribution is -2.64. The number of nitrogens with one attached hydrogen (secondary N) is 8. The molecule has 18 unspecified atom stereocenters. The van der Waals surface area contributed by atoms with Crippen molar-refractivity contribution >= 4 is 54.9 Å². The normalized spacial score (nSPS) is 27.9. The number of hydrogen-bond acceptors (Lipinski definition) is 30. The molecule has 17 N–H and O–H groups in total. The molecule has 3 rings (SSSR count). The van der Waals surface area contributed by atoms with Gasteiger partial charge in [0.05, 0.1) is 99.1 Å². The van der Waals surface area contributed by atoms with Crippen LogP contribution in [0.15, 0.2) is 0 Å². The van der Waals surface area contributed by atoms with E-state index in [1.165, 1.54) is 20.8 Å². The summed E-state index contributed by atoms with van der Waals surface area (Å²) in [6, 6.07) is -6.33. The van der Waals surface area contributed by atoms with Gasteiger partial charge in [0.2, 0.25) is 47.3 Å². The summed E-state index contributed by atoms with van der Waals surface area (Å²) < 4.78 is 71.1. The van der Waals surface area contributed by atoms with Crippen LogP contribution in [0.3, 0.4) is 0 Å². The second-order valence-corrected chi connectivity index (χ2v) is 22.8. The van der Waals surface area contributed by atoms with Gasteiger partial charge in [0.25, 0.3) is 0 Å². The quantitative estimate of drug-likeness (QED) is 0.0199. The van der Waals surface area contributed by atoms with Gasteiger partial charge in [-0.2, -0.15) is 0 Å². The molecule has 0 bridgehead atoms. The van der Waals surface area contributed by atoms with E-state index >= 15 is 0 Å². The van der Waals surface area contributed by atoms with E-state index in [9.17, 15) is 93.8 Å². The molecule has 39 heteroatoms. The first-order chi connectivity index (χ1) is 43.2. The predicted octanol–water partition coefficient (Wildman–Crippen LogP) is -10.6. The average Bonchev–Trinajstić information content (AvgIpc) is 1.78. The SMILES string of the molecule is CC(=O)NC1C(OCCOCCNC(=O)CCC(NC(=O)CCC(NC(=O)CCOCCOP(C)(=O)[O-])C(=O)NCCOCCOC2OC(CO)C(O)C(O)C2NC(C)=O)C(=O)NCCOCCOC2OC(CO)C(O)C(O)C2NC(C)=O)OC(CO)C(O)C1O. The summed E-state index contributed by atoms with van der Waals surface area (Å²) >= 11 is 0. The van der Waals surface area contributed by atoms with Gasteiger partial charge >= 0.3 is 0 Å². The van der Waals surface area contributed by atoms with Crippen molar-refractivity contribution < 1.29 is 146 Å². The van der Waals surface area contributed by atoms with Crippen molar-refractivity contribution in [2.45, 2.75) is 157 Å². The molecule has 8 amide bonds. The second-order valence-electron chi connectivity index (χ2n) is 21.0. The summed E-state index contributed by atoms with van der Waals surface area (Å²) in [5.74, 6) is -5.30. The zero-order chi connectivity index (χ0) is 67.6. The predicted molar refractivity (Wildman–Crippen MR) is 303 cm³/mol. The Morgan fingerprint density at radius 3 is 1.10 bits per heavy atom. The zero-order valence-corrected chi connectivity index (χ0v) is 52.0. The maximum atomic E-state index is 13.7. The standard InChI is InChI=1S/C52H93N8O30P/c1-28(64)56-39-45(73)42(70)33(25-61)88-50(39)84-21-17-81-14-10-53-36(67)7-5-31(48(76)54-11-15-82-18-22-85-51-40(57-29(2)65)46(74)43(71)34(26-62)89-51)59-37(68)8-6-32(60-38(69)9-13-80-20-24-87-91(4,78)79)49(77)55-12-16-83-19-23-86-52-41(58-30(3)66)47(75)44(72)35(27-63)90-52/h31-35,39-47,50-52,61-63,70-75H,5-27H2,1-4H3,(H,53,67)(H,54,76)(H,55,77)(H,56,64)(H,57,65)(H,58,66)(H,59,68)(H,60,69)(H,78,79)/p-1. The Hall–Kier alpha value is -4.85. The lowest BCUT2D eigenvalue weighted by molar-refractivity contribution is -0.272. The topological polar surface area (TPSA) is 557 Å². The van der Waals surface area contributed by atoms with E-state index in [4.69, 9.17) is 47.4 Å². The van der Waals surface area contributed by atoms with Crippen LogP contribution >= 0.6 is 7.60 Å². The van der Waals surface area contributed by atoms with Gasteiger partial charge in [-0.05, 0) is 12.8 Å². The molecule has 3 aliphatic heterocycles. The van der Waals surface area contributed by atoms with E-state index in [1.54, 1.807) is 0 Å². The van der Waals surface area contributed by atoms with Crippen molar-refractivity contribution in [2.75, 3.05) is 125 Å². The fraction of sp³-hybridized carbons (Fsp3) is 0.846.